The van der Waals surface area contributed by atoms with Crippen molar-refractivity contribution in [2.45, 2.75) is 30.7 Å². The van der Waals surface area contributed by atoms with E-state index in [1.54, 1.807) is 0 Å². The summed E-state index contributed by atoms with van der Waals surface area (Å²) in [5.41, 5.74) is -0.489. The topological polar surface area (TPSA) is 141 Å². The maximum atomic E-state index is 12.2. The number of carboxylic acids is 1. The van der Waals surface area contributed by atoms with Gasteiger partial charge in [0.25, 0.3) is 0 Å². The molecule has 0 radical (unpaired) electrons. The number of carboxylic acid groups (broad SMARTS) is 1. The van der Waals surface area contributed by atoms with Crippen LogP contribution in [0.1, 0.15) is 29.0 Å². The van der Waals surface area contributed by atoms with Crippen molar-refractivity contribution in [2.24, 2.45) is 0 Å². The Kier molecular flexibility index (Phi) is 3.77. The van der Waals surface area contributed by atoms with E-state index in [2.05, 4.69) is 20.2 Å². The van der Waals surface area contributed by atoms with E-state index >= 15 is 0 Å². The largest absolute Gasteiger partial charge is 0.476 e. The second-order valence-electron chi connectivity index (χ2n) is 4.44. The molecule has 0 spiro atoms. The molecule has 1 amide bonds. The predicted octanol–water partition coefficient (Wildman–Crippen LogP) is -1.03. The Balaban J connectivity index is 2.33. The first kappa shape index (κ1) is 14.5. The molecule has 1 unspecified atom stereocenters. The van der Waals surface area contributed by atoms with Crippen LogP contribution in [0, 0.1) is 6.92 Å². The molecule has 1 atom stereocenters. The van der Waals surface area contributed by atoms with Gasteiger partial charge < -0.3 is 10.4 Å². The lowest BCUT2D eigenvalue weighted by Gasteiger charge is -2.22. The van der Waals surface area contributed by atoms with Crippen LogP contribution in [0.25, 0.3) is 0 Å². The average Bonchev–Trinajstić information content (AvgIpc) is 2.75. The quantitative estimate of drug-likeness (QED) is 0.560. The summed E-state index contributed by atoms with van der Waals surface area (Å²) in [4.78, 5) is 22.1. The van der Waals surface area contributed by atoms with Gasteiger partial charge in [0.2, 0.25) is 15.9 Å². The number of carbonyl (C=O) groups excluding carboxylic acids is 1. The van der Waals surface area contributed by atoms with Gasteiger partial charge in [0.15, 0.2) is 5.69 Å². The number of piperidine rings is 1. The second kappa shape index (κ2) is 5.21. The Bertz CT molecular complexity index is 651. The Hall–Kier alpha value is -1.94. The lowest BCUT2D eigenvalue weighted by Crippen LogP contribution is -2.50. The third kappa shape index (κ3) is 2.65. The highest BCUT2D eigenvalue weighted by atomic mass is 32.2. The van der Waals surface area contributed by atoms with Gasteiger partial charge in [0.05, 0.1) is 5.69 Å². The van der Waals surface area contributed by atoms with E-state index in [9.17, 15) is 18.0 Å². The lowest BCUT2D eigenvalue weighted by atomic mass is 10.1. The normalized spacial score (nSPS) is 19.6. The van der Waals surface area contributed by atoms with Crippen LogP contribution in [0.2, 0.25) is 0 Å². The van der Waals surface area contributed by atoms with Gasteiger partial charge in [-0.25, -0.2) is 13.2 Å². The smallest absolute Gasteiger partial charge is 0.357 e. The highest BCUT2D eigenvalue weighted by Gasteiger charge is 2.33. The molecule has 1 aromatic rings. The molecule has 4 N–H and O–H groups in total. The molecule has 1 aliphatic heterocycles. The average molecular weight is 302 g/mol. The highest BCUT2D eigenvalue weighted by Crippen LogP contribution is 2.19. The van der Waals surface area contributed by atoms with Gasteiger partial charge in [-0.1, -0.05) is 0 Å². The van der Waals surface area contributed by atoms with Gasteiger partial charge in [-0.05, 0) is 19.8 Å². The Morgan fingerprint density at radius 3 is 2.80 bits per heavy atom. The Morgan fingerprint density at radius 1 is 1.50 bits per heavy atom. The van der Waals surface area contributed by atoms with E-state index in [0.717, 1.165) is 0 Å². The summed E-state index contributed by atoms with van der Waals surface area (Å²) in [5, 5.41) is 17.3. The fourth-order valence-electron chi connectivity index (χ4n) is 2.02. The molecule has 10 heteroatoms. The number of nitrogens with one attached hydrogen (secondary N) is 3. The fourth-order valence-corrected chi connectivity index (χ4v) is 3.58. The molecule has 1 aromatic heterocycles. The fraction of sp³-hybridized carbons (Fsp3) is 0.500. The summed E-state index contributed by atoms with van der Waals surface area (Å²) >= 11 is 0. The summed E-state index contributed by atoms with van der Waals surface area (Å²) in [7, 11) is -4.14. The molecule has 1 aliphatic rings. The molecule has 110 valence electrons. The van der Waals surface area contributed by atoms with Gasteiger partial charge in [0, 0.05) is 6.54 Å². The van der Waals surface area contributed by atoms with E-state index in [4.69, 9.17) is 5.11 Å². The van der Waals surface area contributed by atoms with Crippen molar-refractivity contribution in [3.05, 3.63) is 11.4 Å². The summed E-state index contributed by atoms with van der Waals surface area (Å²) in [6.07, 6.45) is 1.01. The minimum Gasteiger partial charge on any atom is -0.476 e. The SMILES string of the molecule is Cc1[nH]nc(C(=O)O)c1S(=O)(=O)NC1CCCNC1=O. The summed E-state index contributed by atoms with van der Waals surface area (Å²) < 4.78 is 26.7. The van der Waals surface area contributed by atoms with E-state index < -0.39 is 38.5 Å². The molecule has 20 heavy (non-hydrogen) atoms. The summed E-state index contributed by atoms with van der Waals surface area (Å²) in [5.74, 6) is -1.87. The van der Waals surface area contributed by atoms with E-state index in [0.29, 0.717) is 19.4 Å². The molecule has 0 saturated carbocycles. The van der Waals surface area contributed by atoms with Gasteiger partial charge in [-0.3, -0.25) is 9.89 Å². The number of nitrogens with zero attached hydrogens (tertiary/aromatic N) is 1. The van der Waals surface area contributed by atoms with Gasteiger partial charge in [-0.15, -0.1) is 0 Å². The van der Waals surface area contributed by atoms with Crippen molar-refractivity contribution in [2.75, 3.05) is 6.54 Å². The molecule has 0 aromatic carbocycles. The third-order valence-electron chi connectivity index (χ3n) is 2.95. The predicted molar refractivity (Wildman–Crippen MR) is 66.6 cm³/mol. The Labute approximate surface area is 114 Å². The van der Waals surface area contributed by atoms with Crippen LogP contribution < -0.4 is 10.0 Å². The van der Waals surface area contributed by atoms with E-state index in [1.807, 2.05) is 0 Å². The highest BCUT2D eigenvalue weighted by molar-refractivity contribution is 7.89. The first-order valence-electron chi connectivity index (χ1n) is 5.91. The minimum atomic E-state index is -4.14. The van der Waals surface area contributed by atoms with Gasteiger partial charge in [0.1, 0.15) is 10.9 Å². The van der Waals surface area contributed by atoms with Crippen LogP contribution in [0.4, 0.5) is 0 Å². The molecule has 0 aliphatic carbocycles. The maximum absolute atomic E-state index is 12.2. The number of amides is 1. The molecule has 2 rings (SSSR count). The van der Waals surface area contributed by atoms with Crippen molar-refractivity contribution in [3.8, 4) is 0 Å². The molecule has 1 saturated heterocycles. The van der Waals surface area contributed by atoms with Crippen LogP contribution in [0.5, 0.6) is 0 Å². The third-order valence-corrected chi connectivity index (χ3v) is 4.58. The number of carbonyl (C=O) groups is 2. The number of rotatable bonds is 4. The molecular formula is C10H14N4O5S. The first-order valence-corrected chi connectivity index (χ1v) is 7.39. The molecule has 2 heterocycles. The van der Waals surface area contributed by atoms with Crippen molar-refractivity contribution in [1.29, 1.82) is 0 Å². The molecule has 9 nitrogen and oxygen atoms in total. The van der Waals surface area contributed by atoms with Crippen molar-refractivity contribution in [1.82, 2.24) is 20.2 Å². The lowest BCUT2D eigenvalue weighted by molar-refractivity contribution is -0.124. The second-order valence-corrected chi connectivity index (χ2v) is 6.09. The minimum absolute atomic E-state index is 0.103. The number of aromatic carboxylic acids is 1. The monoisotopic (exact) mass is 302 g/mol. The summed E-state index contributed by atoms with van der Waals surface area (Å²) in [6, 6.07) is -0.898. The number of aryl methyl sites for hydroxylation is 1. The van der Waals surface area contributed by atoms with Crippen LogP contribution in [-0.2, 0) is 14.8 Å². The molecule has 0 bridgehead atoms. The zero-order valence-corrected chi connectivity index (χ0v) is 11.5. The Morgan fingerprint density at radius 2 is 2.20 bits per heavy atom. The first-order chi connectivity index (χ1) is 9.33. The van der Waals surface area contributed by atoms with Crippen LogP contribution in [-0.4, -0.2) is 48.2 Å². The zero-order valence-electron chi connectivity index (χ0n) is 10.6. The number of aromatic amines is 1. The van der Waals surface area contributed by atoms with Gasteiger partial charge >= 0.3 is 5.97 Å². The number of aromatic nitrogens is 2. The standard InChI is InChI=1S/C10H14N4O5S/c1-5-8(7(10(16)17)13-12-5)20(18,19)14-6-3-2-4-11-9(6)15/h6,14H,2-4H2,1H3,(H,11,15)(H,12,13)(H,16,17). The number of sulfonamides is 1. The number of hydrogen-bond acceptors (Lipinski definition) is 5. The van der Waals surface area contributed by atoms with Crippen molar-refractivity contribution < 1.29 is 23.1 Å². The van der Waals surface area contributed by atoms with E-state index in [-0.39, 0.29) is 5.69 Å². The maximum Gasteiger partial charge on any atom is 0.357 e. The van der Waals surface area contributed by atoms with Crippen LogP contribution >= 0.6 is 0 Å². The zero-order chi connectivity index (χ0) is 14.9. The van der Waals surface area contributed by atoms with Crippen molar-refractivity contribution in [3.63, 3.8) is 0 Å². The molecular weight excluding hydrogens is 288 g/mol. The number of hydrogen-bond donors (Lipinski definition) is 4. The summed E-state index contributed by atoms with van der Waals surface area (Å²) in [6.45, 7) is 1.90. The van der Waals surface area contributed by atoms with Crippen LogP contribution in [0.15, 0.2) is 4.90 Å². The van der Waals surface area contributed by atoms with Gasteiger partial charge in [-0.2, -0.15) is 9.82 Å². The van der Waals surface area contributed by atoms with E-state index in [1.165, 1.54) is 6.92 Å². The number of H-pyrrole nitrogens is 1. The molecule has 1 fully saturated rings. The van der Waals surface area contributed by atoms with Crippen molar-refractivity contribution >= 4 is 21.9 Å². The van der Waals surface area contributed by atoms with Crippen LogP contribution in [0.3, 0.4) is 0 Å².